The van der Waals surface area contributed by atoms with E-state index in [0.29, 0.717) is 0 Å². The molecule has 1 saturated carbocycles. The van der Waals surface area contributed by atoms with Gasteiger partial charge in [-0.25, -0.2) is 0 Å². The largest absolute Gasteiger partial charge is 0.351 e. The Morgan fingerprint density at radius 1 is 1.12 bits per heavy atom. The topological polar surface area (TPSA) is 62.3 Å². The second-order valence-corrected chi connectivity index (χ2v) is 9.52. The number of amides is 2. The van der Waals surface area contributed by atoms with E-state index in [1.807, 2.05) is 61.7 Å². The number of carbonyl (C=O) groups excluding carboxylic acids is 2. The molecule has 1 atom stereocenters. The Morgan fingerprint density at radius 3 is 2.56 bits per heavy atom. The highest BCUT2D eigenvalue weighted by Gasteiger charge is 2.35. The minimum Gasteiger partial charge on any atom is -0.351 e. The van der Waals surface area contributed by atoms with Crippen molar-refractivity contribution in [2.75, 3.05) is 4.90 Å². The van der Waals surface area contributed by atoms with E-state index in [1.165, 1.54) is 0 Å². The van der Waals surface area contributed by atoms with Crippen LogP contribution in [-0.2, 0) is 16.0 Å². The number of aryl methyl sites for hydroxylation is 2. The van der Waals surface area contributed by atoms with Crippen LogP contribution in [0.1, 0.15) is 53.3 Å². The standard InChI is InChI=1S/C26H29N3O2S/c1-18-9-10-19(2)23(16-18)29(24(30)17-22-8-5-15-32-22)25(20-11-13-27-14-12-20)26(31)28-21-6-3-4-7-21/h5,8-16,21,25H,3-4,6-7,17H2,1-2H3,(H,28,31)/t25-/m0/s1. The molecule has 2 heterocycles. The summed E-state index contributed by atoms with van der Waals surface area (Å²) in [5.74, 6) is -0.229. The number of anilines is 1. The Hall–Kier alpha value is -2.99. The number of nitrogens with one attached hydrogen (secondary N) is 1. The molecular weight excluding hydrogens is 418 g/mol. The van der Waals surface area contributed by atoms with E-state index in [0.717, 1.165) is 52.9 Å². The van der Waals surface area contributed by atoms with Gasteiger partial charge in [-0.2, -0.15) is 0 Å². The summed E-state index contributed by atoms with van der Waals surface area (Å²) in [6.07, 6.45) is 7.84. The summed E-state index contributed by atoms with van der Waals surface area (Å²) < 4.78 is 0. The van der Waals surface area contributed by atoms with Crippen LogP contribution in [0, 0.1) is 13.8 Å². The van der Waals surface area contributed by atoms with E-state index >= 15 is 0 Å². The van der Waals surface area contributed by atoms with Crippen LogP contribution in [0.25, 0.3) is 0 Å². The van der Waals surface area contributed by atoms with Crippen LogP contribution in [-0.4, -0.2) is 22.8 Å². The summed E-state index contributed by atoms with van der Waals surface area (Å²) in [6, 6.07) is 13.0. The second kappa shape index (κ2) is 10.1. The zero-order valence-corrected chi connectivity index (χ0v) is 19.4. The van der Waals surface area contributed by atoms with Crippen LogP contribution in [0.15, 0.2) is 60.2 Å². The molecule has 0 radical (unpaired) electrons. The quantitative estimate of drug-likeness (QED) is 0.546. The summed E-state index contributed by atoms with van der Waals surface area (Å²) in [5, 5.41) is 5.20. The fourth-order valence-corrected chi connectivity index (χ4v) is 5.05. The molecule has 0 unspecified atom stereocenters. The van der Waals surface area contributed by atoms with Gasteiger partial charge in [-0.1, -0.05) is 31.0 Å². The molecule has 4 rings (SSSR count). The summed E-state index contributed by atoms with van der Waals surface area (Å²) in [6.45, 7) is 3.99. The number of benzene rings is 1. The number of hydrogen-bond donors (Lipinski definition) is 1. The van der Waals surface area contributed by atoms with Gasteiger partial charge in [0.25, 0.3) is 0 Å². The average molecular weight is 448 g/mol. The van der Waals surface area contributed by atoms with E-state index in [4.69, 9.17) is 0 Å². The van der Waals surface area contributed by atoms with Crippen LogP contribution in [0.2, 0.25) is 0 Å². The summed E-state index contributed by atoms with van der Waals surface area (Å²) in [4.78, 5) is 34.3. The fraction of sp³-hybridized carbons (Fsp3) is 0.346. The summed E-state index contributed by atoms with van der Waals surface area (Å²) in [7, 11) is 0. The van der Waals surface area contributed by atoms with E-state index in [-0.39, 0.29) is 24.3 Å². The fourth-order valence-electron chi connectivity index (χ4n) is 4.36. The number of nitrogens with zero attached hydrogens (tertiary/aromatic N) is 2. The van der Waals surface area contributed by atoms with E-state index in [1.54, 1.807) is 28.6 Å². The van der Waals surface area contributed by atoms with Gasteiger partial charge in [0.1, 0.15) is 6.04 Å². The van der Waals surface area contributed by atoms with Gasteiger partial charge in [-0.3, -0.25) is 19.5 Å². The highest BCUT2D eigenvalue weighted by atomic mass is 32.1. The van der Waals surface area contributed by atoms with Crippen molar-refractivity contribution in [1.82, 2.24) is 10.3 Å². The third kappa shape index (κ3) is 5.07. The molecule has 2 amide bonds. The Morgan fingerprint density at radius 2 is 1.88 bits per heavy atom. The maximum atomic E-state index is 13.8. The zero-order chi connectivity index (χ0) is 22.5. The molecule has 32 heavy (non-hydrogen) atoms. The van der Waals surface area contributed by atoms with Crippen LogP contribution < -0.4 is 10.2 Å². The third-order valence-electron chi connectivity index (χ3n) is 6.03. The van der Waals surface area contributed by atoms with Crippen LogP contribution >= 0.6 is 11.3 Å². The molecule has 0 spiro atoms. The first kappa shape index (κ1) is 22.2. The maximum Gasteiger partial charge on any atom is 0.248 e. The van der Waals surface area contributed by atoms with Crippen molar-refractivity contribution in [2.45, 2.75) is 58.0 Å². The lowest BCUT2D eigenvalue weighted by molar-refractivity contribution is -0.127. The van der Waals surface area contributed by atoms with Gasteiger partial charge in [0.2, 0.25) is 11.8 Å². The predicted molar refractivity (Wildman–Crippen MR) is 129 cm³/mol. The molecule has 3 aromatic rings. The molecule has 0 aliphatic heterocycles. The van der Waals surface area contributed by atoms with Gasteiger partial charge in [0.15, 0.2) is 0 Å². The Bertz CT molecular complexity index is 1060. The number of hydrogen-bond acceptors (Lipinski definition) is 4. The van der Waals surface area contributed by atoms with Gasteiger partial charge < -0.3 is 5.32 Å². The second-order valence-electron chi connectivity index (χ2n) is 8.48. The Balaban J connectivity index is 1.78. The monoisotopic (exact) mass is 447 g/mol. The van der Waals surface area contributed by atoms with Crippen LogP contribution in [0.3, 0.4) is 0 Å². The molecule has 1 aliphatic rings. The molecule has 1 fully saturated rings. The molecule has 1 N–H and O–H groups in total. The lowest BCUT2D eigenvalue weighted by atomic mass is 10.0. The van der Waals surface area contributed by atoms with E-state index in [2.05, 4.69) is 10.3 Å². The predicted octanol–water partition coefficient (Wildman–Crippen LogP) is 5.14. The minimum atomic E-state index is -0.758. The minimum absolute atomic E-state index is 0.0930. The molecule has 2 aromatic heterocycles. The number of aromatic nitrogens is 1. The highest BCUT2D eigenvalue weighted by Crippen LogP contribution is 2.33. The van der Waals surface area contributed by atoms with E-state index < -0.39 is 6.04 Å². The third-order valence-corrected chi connectivity index (χ3v) is 6.90. The first-order valence-electron chi connectivity index (χ1n) is 11.1. The van der Waals surface area contributed by atoms with Crippen molar-refractivity contribution in [3.05, 3.63) is 81.8 Å². The SMILES string of the molecule is Cc1ccc(C)c(N(C(=O)Cc2cccs2)[C@H](C(=O)NC2CCCC2)c2ccncc2)c1. The number of thiophene rings is 1. The first-order valence-corrected chi connectivity index (χ1v) is 12.0. The normalized spacial score (nSPS) is 14.8. The Labute approximate surface area is 193 Å². The molecule has 1 aliphatic carbocycles. The van der Waals surface area contributed by atoms with E-state index in [9.17, 15) is 9.59 Å². The molecule has 166 valence electrons. The smallest absolute Gasteiger partial charge is 0.248 e. The van der Waals surface area contributed by atoms with Crippen molar-refractivity contribution in [2.24, 2.45) is 0 Å². The van der Waals surface area contributed by atoms with Crippen LogP contribution in [0.5, 0.6) is 0 Å². The molecular formula is C26H29N3O2S. The van der Waals surface area contributed by atoms with Crippen molar-refractivity contribution < 1.29 is 9.59 Å². The van der Waals surface area contributed by atoms with Crippen LogP contribution in [0.4, 0.5) is 5.69 Å². The van der Waals surface area contributed by atoms with Crippen molar-refractivity contribution in [3.8, 4) is 0 Å². The summed E-state index contributed by atoms with van der Waals surface area (Å²) >= 11 is 1.56. The molecule has 0 saturated heterocycles. The maximum absolute atomic E-state index is 13.8. The molecule has 0 bridgehead atoms. The van der Waals surface area contributed by atoms with Crippen molar-refractivity contribution >= 4 is 28.8 Å². The molecule has 6 heteroatoms. The van der Waals surface area contributed by atoms with Gasteiger partial charge in [-0.05, 0) is 73.0 Å². The highest BCUT2D eigenvalue weighted by molar-refractivity contribution is 7.10. The van der Waals surface area contributed by atoms with Crippen molar-refractivity contribution in [3.63, 3.8) is 0 Å². The number of pyridine rings is 1. The molecule has 5 nitrogen and oxygen atoms in total. The van der Waals surface area contributed by atoms with Gasteiger partial charge >= 0.3 is 0 Å². The number of carbonyl (C=O) groups is 2. The van der Waals surface area contributed by atoms with Crippen molar-refractivity contribution in [1.29, 1.82) is 0 Å². The lowest BCUT2D eigenvalue weighted by Gasteiger charge is -2.33. The first-order chi connectivity index (χ1) is 15.5. The van der Waals surface area contributed by atoms with Gasteiger partial charge in [-0.15, -0.1) is 11.3 Å². The average Bonchev–Trinajstić information content (AvgIpc) is 3.48. The zero-order valence-electron chi connectivity index (χ0n) is 18.6. The lowest BCUT2D eigenvalue weighted by Crippen LogP contribution is -2.47. The van der Waals surface area contributed by atoms with Gasteiger partial charge in [0, 0.05) is 29.0 Å². The molecule has 1 aromatic carbocycles. The Kier molecular flexibility index (Phi) is 7.00. The summed E-state index contributed by atoms with van der Waals surface area (Å²) in [5.41, 5.74) is 3.54. The van der Waals surface area contributed by atoms with Gasteiger partial charge in [0.05, 0.1) is 6.42 Å². The number of rotatable bonds is 7.